The second-order valence-electron chi connectivity index (χ2n) is 7.09. The second-order valence-corrected chi connectivity index (χ2v) is 8.17. The third-order valence-electron chi connectivity index (χ3n) is 5.34. The van der Waals surface area contributed by atoms with Gasteiger partial charge in [0.25, 0.3) is 11.8 Å². The predicted molar refractivity (Wildman–Crippen MR) is 112 cm³/mol. The summed E-state index contributed by atoms with van der Waals surface area (Å²) in [6, 6.07) is 21.8. The van der Waals surface area contributed by atoms with Crippen molar-refractivity contribution in [2.45, 2.75) is 31.2 Å². The number of hydrogen-bond acceptors (Lipinski definition) is 3. The van der Waals surface area contributed by atoms with E-state index in [1.54, 1.807) is 12.1 Å². The van der Waals surface area contributed by atoms with Gasteiger partial charge in [-0.05, 0) is 48.1 Å². The van der Waals surface area contributed by atoms with Crippen LogP contribution < -0.4 is 11.1 Å². The van der Waals surface area contributed by atoms with Gasteiger partial charge in [-0.25, -0.2) is 0 Å². The van der Waals surface area contributed by atoms with Crippen molar-refractivity contribution in [1.29, 1.82) is 0 Å². The number of amides is 2. The number of benzene rings is 2. The van der Waals surface area contributed by atoms with E-state index in [2.05, 4.69) is 41.7 Å². The molecule has 0 fully saturated rings. The summed E-state index contributed by atoms with van der Waals surface area (Å²) in [6.07, 6.45) is 3.20. The molecule has 142 valence electrons. The first kappa shape index (κ1) is 18.4. The molecule has 2 aromatic carbocycles. The number of rotatable bonds is 5. The molecule has 1 aliphatic carbocycles. The summed E-state index contributed by atoms with van der Waals surface area (Å²) in [7, 11) is 0. The summed E-state index contributed by atoms with van der Waals surface area (Å²) < 4.78 is 0. The summed E-state index contributed by atoms with van der Waals surface area (Å²) in [4.78, 5) is 25.2. The summed E-state index contributed by atoms with van der Waals surface area (Å²) in [5.74, 6) is -0.467. The molecule has 4 nitrogen and oxygen atoms in total. The molecule has 1 aromatic heterocycles. The SMILES string of the molecule is NC(=O)c1ccc(C(=O)N[C@H](c2ccccc2)[C@@H]2CCCc3ccccc32)s1. The lowest BCUT2D eigenvalue weighted by Crippen LogP contribution is -2.33. The van der Waals surface area contributed by atoms with Crippen LogP contribution in [0, 0.1) is 0 Å². The Labute approximate surface area is 168 Å². The van der Waals surface area contributed by atoms with E-state index in [0.717, 1.165) is 36.2 Å². The number of aryl methyl sites for hydroxylation is 1. The third kappa shape index (κ3) is 3.71. The molecule has 0 saturated heterocycles. The first-order chi connectivity index (χ1) is 13.6. The Morgan fingerprint density at radius 3 is 2.43 bits per heavy atom. The predicted octanol–water partition coefficient (Wildman–Crippen LogP) is 4.44. The lowest BCUT2D eigenvalue weighted by atomic mass is 9.76. The van der Waals surface area contributed by atoms with Crippen molar-refractivity contribution in [3.63, 3.8) is 0 Å². The second kappa shape index (κ2) is 7.98. The van der Waals surface area contributed by atoms with E-state index in [9.17, 15) is 9.59 Å². The standard InChI is InChI=1S/C23H22N2O2S/c24-22(26)19-13-14-20(28-19)23(27)25-21(16-8-2-1-3-9-16)18-12-6-10-15-7-4-5-11-17(15)18/h1-5,7-9,11,13-14,18,21H,6,10,12H2,(H2,24,26)(H,25,27)/t18-,21-/m1/s1. The van der Waals surface area contributed by atoms with Gasteiger partial charge >= 0.3 is 0 Å². The van der Waals surface area contributed by atoms with Crippen LogP contribution >= 0.6 is 11.3 Å². The molecular formula is C23H22N2O2S. The Balaban J connectivity index is 1.67. The largest absolute Gasteiger partial charge is 0.365 e. The Morgan fingerprint density at radius 1 is 0.964 bits per heavy atom. The zero-order valence-electron chi connectivity index (χ0n) is 15.4. The fourth-order valence-corrected chi connectivity index (χ4v) is 4.78. The van der Waals surface area contributed by atoms with Crippen molar-refractivity contribution in [3.8, 4) is 0 Å². The van der Waals surface area contributed by atoms with Crippen molar-refractivity contribution in [2.75, 3.05) is 0 Å². The minimum absolute atomic E-state index is 0.130. The van der Waals surface area contributed by atoms with Gasteiger partial charge in [-0.3, -0.25) is 9.59 Å². The minimum atomic E-state index is -0.509. The maximum atomic E-state index is 13.0. The first-order valence-electron chi connectivity index (χ1n) is 9.47. The molecule has 4 rings (SSSR count). The molecule has 28 heavy (non-hydrogen) atoms. The molecule has 5 heteroatoms. The zero-order chi connectivity index (χ0) is 19.5. The van der Waals surface area contributed by atoms with Gasteiger partial charge in [0.05, 0.1) is 15.8 Å². The number of primary amides is 1. The van der Waals surface area contributed by atoms with Crippen LogP contribution in [0.3, 0.4) is 0 Å². The number of thiophene rings is 1. The maximum Gasteiger partial charge on any atom is 0.261 e. The first-order valence-corrected chi connectivity index (χ1v) is 10.3. The highest BCUT2D eigenvalue weighted by Gasteiger charge is 2.30. The van der Waals surface area contributed by atoms with Crippen LogP contribution in [0.25, 0.3) is 0 Å². The number of fused-ring (bicyclic) bond motifs is 1. The number of carbonyl (C=O) groups is 2. The van der Waals surface area contributed by atoms with Gasteiger partial charge in [-0.2, -0.15) is 0 Å². The normalized spacial score (nSPS) is 16.8. The number of nitrogens with one attached hydrogen (secondary N) is 1. The lowest BCUT2D eigenvalue weighted by molar-refractivity contribution is 0.0931. The number of hydrogen-bond donors (Lipinski definition) is 2. The highest BCUT2D eigenvalue weighted by atomic mass is 32.1. The van der Waals surface area contributed by atoms with Gasteiger partial charge in [0.15, 0.2) is 0 Å². The molecule has 1 aliphatic rings. The molecule has 3 aromatic rings. The van der Waals surface area contributed by atoms with Crippen LogP contribution in [0.5, 0.6) is 0 Å². The Bertz CT molecular complexity index is 997. The van der Waals surface area contributed by atoms with E-state index >= 15 is 0 Å². The smallest absolute Gasteiger partial charge is 0.261 e. The van der Waals surface area contributed by atoms with Crippen molar-refractivity contribution in [2.24, 2.45) is 5.73 Å². The molecule has 0 radical (unpaired) electrons. The molecule has 0 aliphatic heterocycles. The minimum Gasteiger partial charge on any atom is -0.365 e. The van der Waals surface area contributed by atoms with E-state index in [-0.39, 0.29) is 17.9 Å². The quantitative estimate of drug-likeness (QED) is 0.676. The highest BCUT2D eigenvalue weighted by molar-refractivity contribution is 7.15. The van der Waals surface area contributed by atoms with Crippen LogP contribution in [0.15, 0.2) is 66.7 Å². The number of nitrogens with two attached hydrogens (primary N) is 1. The van der Waals surface area contributed by atoms with E-state index in [4.69, 9.17) is 5.73 Å². The zero-order valence-corrected chi connectivity index (χ0v) is 16.2. The van der Waals surface area contributed by atoms with Crippen molar-refractivity contribution in [1.82, 2.24) is 5.32 Å². The van der Waals surface area contributed by atoms with Crippen LogP contribution in [0.2, 0.25) is 0 Å². The maximum absolute atomic E-state index is 13.0. The van der Waals surface area contributed by atoms with Gasteiger partial charge < -0.3 is 11.1 Å². The lowest BCUT2D eigenvalue weighted by Gasteiger charge is -2.33. The molecule has 0 bridgehead atoms. The van der Waals surface area contributed by atoms with Gasteiger partial charge in [-0.1, -0.05) is 54.6 Å². The number of carbonyl (C=O) groups excluding carboxylic acids is 2. The summed E-state index contributed by atoms with van der Waals surface area (Å²) in [5.41, 5.74) is 9.09. The summed E-state index contributed by atoms with van der Waals surface area (Å²) in [5, 5.41) is 3.23. The fraction of sp³-hybridized carbons (Fsp3) is 0.217. The summed E-state index contributed by atoms with van der Waals surface area (Å²) >= 11 is 1.13. The van der Waals surface area contributed by atoms with Crippen molar-refractivity contribution in [3.05, 3.63) is 93.2 Å². The molecule has 3 N–H and O–H groups in total. The van der Waals surface area contributed by atoms with Crippen LogP contribution in [0.1, 0.15) is 60.8 Å². The molecule has 2 atom stereocenters. The Hall–Kier alpha value is -2.92. The Kier molecular flexibility index (Phi) is 5.26. The fourth-order valence-electron chi connectivity index (χ4n) is 4.02. The molecule has 1 heterocycles. The van der Waals surface area contributed by atoms with Crippen LogP contribution in [0.4, 0.5) is 0 Å². The van der Waals surface area contributed by atoms with Crippen LogP contribution in [-0.2, 0) is 6.42 Å². The van der Waals surface area contributed by atoms with Gasteiger partial charge in [-0.15, -0.1) is 11.3 Å². The van der Waals surface area contributed by atoms with Crippen LogP contribution in [-0.4, -0.2) is 11.8 Å². The van der Waals surface area contributed by atoms with Gasteiger partial charge in [0, 0.05) is 5.92 Å². The van der Waals surface area contributed by atoms with Gasteiger partial charge in [0.2, 0.25) is 0 Å². The van der Waals surface area contributed by atoms with E-state index in [0.29, 0.717) is 9.75 Å². The molecule has 0 unspecified atom stereocenters. The van der Waals surface area contributed by atoms with E-state index < -0.39 is 5.91 Å². The molecule has 2 amide bonds. The summed E-state index contributed by atoms with van der Waals surface area (Å²) in [6.45, 7) is 0. The molecule has 0 spiro atoms. The van der Waals surface area contributed by atoms with Crippen molar-refractivity contribution >= 4 is 23.2 Å². The van der Waals surface area contributed by atoms with E-state index in [1.807, 2.05) is 18.2 Å². The Morgan fingerprint density at radius 2 is 1.68 bits per heavy atom. The topological polar surface area (TPSA) is 72.2 Å². The highest BCUT2D eigenvalue weighted by Crippen LogP contribution is 2.40. The average molecular weight is 391 g/mol. The van der Waals surface area contributed by atoms with E-state index in [1.165, 1.54) is 11.1 Å². The molecular weight excluding hydrogens is 368 g/mol. The monoisotopic (exact) mass is 390 g/mol. The third-order valence-corrected chi connectivity index (χ3v) is 6.43. The molecule has 0 saturated carbocycles. The average Bonchev–Trinajstić information content (AvgIpc) is 3.23. The van der Waals surface area contributed by atoms with Crippen molar-refractivity contribution < 1.29 is 9.59 Å². The van der Waals surface area contributed by atoms with Gasteiger partial charge in [0.1, 0.15) is 0 Å².